The zero-order valence-electron chi connectivity index (χ0n) is 9.25. The summed E-state index contributed by atoms with van der Waals surface area (Å²) in [5.41, 5.74) is 0.0223. The van der Waals surface area contributed by atoms with Crippen molar-refractivity contribution in [2.75, 3.05) is 6.61 Å². The molecule has 0 saturated heterocycles. The molecule has 0 amide bonds. The molecule has 1 heterocycles. The van der Waals surface area contributed by atoms with E-state index in [9.17, 15) is 13.2 Å². The highest BCUT2D eigenvalue weighted by atomic mass is 19.4. The Kier molecular flexibility index (Phi) is 2.87. The van der Waals surface area contributed by atoms with E-state index < -0.39 is 11.9 Å². The number of aliphatic hydroxyl groups excluding tert-OH is 1. The molecule has 92 valence electrons. The summed E-state index contributed by atoms with van der Waals surface area (Å²) in [5, 5.41) is 9.45. The highest BCUT2D eigenvalue weighted by molar-refractivity contribution is 5.85. The third kappa shape index (κ3) is 1.91. The Labute approximate surface area is 96.3 Å². The Balaban J connectivity index is 2.80. The molecule has 0 radical (unpaired) electrons. The molecule has 5 heteroatoms. The lowest BCUT2D eigenvalue weighted by molar-refractivity contribution is -0.143. The van der Waals surface area contributed by atoms with E-state index in [4.69, 9.17) is 5.11 Å². The lowest BCUT2D eigenvalue weighted by atomic mass is 10.1. The number of aryl methyl sites for hydroxylation is 1. The molecule has 17 heavy (non-hydrogen) atoms. The maximum absolute atomic E-state index is 13.0. The molecule has 0 atom stereocenters. The highest BCUT2D eigenvalue weighted by Crippen LogP contribution is 2.37. The van der Waals surface area contributed by atoms with Gasteiger partial charge in [-0.05, 0) is 18.1 Å². The molecule has 0 aliphatic rings. The van der Waals surface area contributed by atoms with E-state index in [1.807, 2.05) is 0 Å². The first kappa shape index (κ1) is 12.0. The van der Waals surface area contributed by atoms with Crippen LogP contribution in [-0.4, -0.2) is 16.3 Å². The predicted octanol–water partition coefficient (Wildman–Crippen LogP) is 2.73. The van der Waals surface area contributed by atoms with Crippen LogP contribution in [0.5, 0.6) is 0 Å². The number of nitrogens with zero attached hydrogens (tertiary/aromatic N) is 1. The molecule has 1 aromatic carbocycles. The fraction of sp³-hybridized carbons (Fsp3) is 0.333. The van der Waals surface area contributed by atoms with Crippen molar-refractivity contribution in [2.24, 2.45) is 7.05 Å². The Morgan fingerprint density at radius 1 is 1.24 bits per heavy atom. The number of rotatable bonds is 2. The Morgan fingerprint density at radius 2 is 1.88 bits per heavy atom. The van der Waals surface area contributed by atoms with E-state index in [1.165, 1.54) is 7.05 Å². The van der Waals surface area contributed by atoms with Crippen molar-refractivity contribution < 1.29 is 18.3 Å². The molecular formula is C12H12F3NO. The van der Waals surface area contributed by atoms with E-state index >= 15 is 0 Å². The van der Waals surface area contributed by atoms with Gasteiger partial charge in [0.05, 0.1) is 0 Å². The molecule has 0 aliphatic heterocycles. The maximum atomic E-state index is 13.0. The Hall–Kier alpha value is -1.49. The van der Waals surface area contributed by atoms with Gasteiger partial charge in [-0.2, -0.15) is 13.2 Å². The maximum Gasteiger partial charge on any atom is 0.431 e. The molecule has 0 aliphatic carbocycles. The van der Waals surface area contributed by atoms with Gasteiger partial charge in [0.2, 0.25) is 0 Å². The number of para-hydroxylation sites is 1. The minimum atomic E-state index is -4.40. The van der Waals surface area contributed by atoms with Crippen molar-refractivity contribution in [2.45, 2.75) is 12.6 Å². The number of benzene rings is 1. The van der Waals surface area contributed by atoms with Crippen LogP contribution in [0, 0.1) is 0 Å². The lowest BCUT2D eigenvalue weighted by Crippen LogP contribution is -2.14. The molecule has 1 aromatic heterocycles. The third-order valence-corrected chi connectivity index (χ3v) is 2.84. The van der Waals surface area contributed by atoms with Gasteiger partial charge in [-0.1, -0.05) is 18.2 Å². The van der Waals surface area contributed by atoms with Gasteiger partial charge in [-0.25, -0.2) is 0 Å². The summed E-state index contributed by atoms with van der Waals surface area (Å²) in [6.45, 7) is -0.295. The van der Waals surface area contributed by atoms with Crippen molar-refractivity contribution >= 4 is 10.9 Å². The van der Waals surface area contributed by atoms with Crippen LogP contribution in [0.2, 0.25) is 0 Å². The van der Waals surface area contributed by atoms with E-state index in [-0.39, 0.29) is 18.6 Å². The highest BCUT2D eigenvalue weighted by Gasteiger charge is 2.37. The van der Waals surface area contributed by atoms with Gasteiger partial charge >= 0.3 is 6.18 Å². The number of hydrogen-bond acceptors (Lipinski definition) is 1. The lowest BCUT2D eigenvalue weighted by Gasteiger charge is -2.10. The smallest absolute Gasteiger partial charge is 0.396 e. The van der Waals surface area contributed by atoms with Crippen molar-refractivity contribution in [3.8, 4) is 0 Å². The molecular weight excluding hydrogens is 231 g/mol. The van der Waals surface area contributed by atoms with Gasteiger partial charge in [-0.15, -0.1) is 0 Å². The number of aromatic nitrogens is 1. The van der Waals surface area contributed by atoms with Gasteiger partial charge in [0.1, 0.15) is 5.69 Å². The third-order valence-electron chi connectivity index (χ3n) is 2.84. The van der Waals surface area contributed by atoms with Crippen LogP contribution in [0.1, 0.15) is 11.3 Å². The van der Waals surface area contributed by atoms with Gasteiger partial charge in [-0.3, -0.25) is 0 Å². The fourth-order valence-corrected chi connectivity index (χ4v) is 2.20. The van der Waals surface area contributed by atoms with E-state index in [2.05, 4.69) is 0 Å². The first-order chi connectivity index (χ1) is 7.96. The zero-order valence-corrected chi connectivity index (χ0v) is 9.25. The van der Waals surface area contributed by atoms with Crippen LogP contribution in [0.4, 0.5) is 13.2 Å². The average Bonchev–Trinajstić information content (AvgIpc) is 2.53. The second-order valence-corrected chi connectivity index (χ2v) is 3.87. The van der Waals surface area contributed by atoms with Crippen LogP contribution in [0.15, 0.2) is 24.3 Å². The number of hydrogen-bond donors (Lipinski definition) is 1. The first-order valence-electron chi connectivity index (χ1n) is 5.21. The second-order valence-electron chi connectivity index (χ2n) is 3.87. The topological polar surface area (TPSA) is 25.2 Å². The van der Waals surface area contributed by atoms with Crippen LogP contribution in [-0.2, 0) is 19.6 Å². The van der Waals surface area contributed by atoms with Crippen molar-refractivity contribution in [3.05, 3.63) is 35.5 Å². The summed E-state index contributed by atoms with van der Waals surface area (Å²) in [4.78, 5) is 0. The fourth-order valence-electron chi connectivity index (χ4n) is 2.20. The van der Waals surface area contributed by atoms with Crippen molar-refractivity contribution in [1.82, 2.24) is 4.57 Å². The van der Waals surface area contributed by atoms with Crippen LogP contribution < -0.4 is 0 Å². The monoisotopic (exact) mass is 243 g/mol. The molecule has 2 aromatic rings. The Bertz CT molecular complexity index is 542. The van der Waals surface area contributed by atoms with Crippen LogP contribution >= 0.6 is 0 Å². The van der Waals surface area contributed by atoms with Gasteiger partial charge in [0, 0.05) is 24.6 Å². The standard InChI is InChI=1S/C12H12F3NO/c1-16-10-5-3-2-4-8(10)9(6-7-17)11(16)12(13,14)15/h2-5,17H,6-7H2,1H3. The zero-order chi connectivity index (χ0) is 12.6. The van der Waals surface area contributed by atoms with Crippen LogP contribution in [0.25, 0.3) is 10.9 Å². The quantitative estimate of drug-likeness (QED) is 0.862. The molecule has 0 bridgehead atoms. The number of alkyl halides is 3. The molecule has 2 nitrogen and oxygen atoms in total. The summed E-state index contributed by atoms with van der Waals surface area (Å²) in [6, 6.07) is 6.69. The van der Waals surface area contributed by atoms with Gasteiger partial charge < -0.3 is 9.67 Å². The summed E-state index contributed by atoms with van der Waals surface area (Å²) in [6.07, 6.45) is -4.39. The van der Waals surface area contributed by atoms with Gasteiger partial charge in [0.15, 0.2) is 0 Å². The molecule has 2 rings (SSSR count). The van der Waals surface area contributed by atoms with Crippen LogP contribution in [0.3, 0.4) is 0 Å². The number of halogens is 3. The van der Waals surface area contributed by atoms with Gasteiger partial charge in [0.25, 0.3) is 0 Å². The minimum absolute atomic E-state index is 0.0101. The second kappa shape index (κ2) is 4.07. The summed E-state index contributed by atoms with van der Waals surface area (Å²) in [7, 11) is 1.39. The number of fused-ring (bicyclic) bond motifs is 1. The normalized spacial score (nSPS) is 12.3. The van der Waals surface area contributed by atoms with Crippen molar-refractivity contribution in [1.29, 1.82) is 0 Å². The largest absolute Gasteiger partial charge is 0.431 e. The summed E-state index contributed by atoms with van der Waals surface area (Å²) >= 11 is 0. The Morgan fingerprint density at radius 3 is 2.47 bits per heavy atom. The van der Waals surface area contributed by atoms with E-state index in [0.717, 1.165) is 4.57 Å². The first-order valence-corrected chi connectivity index (χ1v) is 5.21. The van der Waals surface area contributed by atoms with E-state index in [0.29, 0.717) is 10.9 Å². The number of aliphatic hydroxyl groups is 1. The SMILES string of the molecule is Cn1c(C(F)(F)F)c(CCO)c2ccccc21. The van der Waals surface area contributed by atoms with Crippen molar-refractivity contribution in [3.63, 3.8) is 0 Å². The molecule has 0 unspecified atom stereocenters. The summed E-state index contributed by atoms with van der Waals surface area (Å²) in [5.74, 6) is 0. The predicted molar refractivity (Wildman–Crippen MR) is 58.7 cm³/mol. The molecule has 0 spiro atoms. The molecule has 0 fully saturated rings. The molecule has 0 saturated carbocycles. The average molecular weight is 243 g/mol. The summed E-state index contributed by atoms with van der Waals surface area (Å²) < 4.78 is 40.0. The minimum Gasteiger partial charge on any atom is -0.396 e. The van der Waals surface area contributed by atoms with E-state index in [1.54, 1.807) is 24.3 Å². The molecule has 1 N–H and O–H groups in total.